The number of halogens is 3. The van der Waals surface area contributed by atoms with E-state index >= 15 is 0 Å². The zero-order valence-electron chi connectivity index (χ0n) is 18.9. The largest absolute Gasteiger partial charge is 0.448 e. The van der Waals surface area contributed by atoms with Crippen LogP contribution in [0.5, 0.6) is 0 Å². The number of aliphatic hydroxyl groups is 1. The van der Waals surface area contributed by atoms with Crippen molar-refractivity contribution >= 4 is 6.09 Å². The second kappa shape index (κ2) is 8.12. The monoisotopic (exact) mass is 479 g/mol. The molecule has 6 rings (SSSR count). The Morgan fingerprint density at radius 2 is 1.43 bits per heavy atom. The van der Waals surface area contributed by atoms with Crippen molar-refractivity contribution in [1.82, 2.24) is 4.90 Å². The molecule has 1 amide bonds. The molecule has 0 aromatic heterocycles. The first-order valence-corrected chi connectivity index (χ1v) is 11.9. The number of rotatable bonds is 3. The fourth-order valence-corrected chi connectivity index (χ4v) is 6.25. The van der Waals surface area contributed by atoms with Gasteiger partial charge in [0.1, 0.15) is 6.61 Å². The Bertz CT molecular complexity index is 1240. The summed E-state index contributed by atoms with van der Waals surface area (Å²) in [7, 11) is 0. The number of hydrogen-bond donors (Lipinski definition) is 1. The Morgan fingerprint density at radius 3 is 1.97 bits per heavy atom. The van der Waals surface area contributed by atoms with Crippen LogP contribution in [-0.2, 0) is 10.3 Å². The fourth-order valence-electron chi connectivity index (χ4n) is 6.25. The van der Waals surface area contributed by atoms with Crippen molar-refractivity contribution in [2.24, 2.45) is 0 Å². The van der Waals surface area contributed by atoms with Gasteiger partial charge in [0.05, 0.1) is 5.60 Å². The second-order valence-electron chi connectivity index (χ2n) is 9.79. The molecule has 4 nitrogen and oxygen atoms in total. The molecule has 0 saturated carbocycles. The summed E-state index contributed by atoms with van der Waals surface area (Å²) >= 11 is 0. The van der Waals surface area contributed by atoms with E-state index in [0.29, 0.717) is 12.8 Å². The molecule has 35 heavy (non-hydrogen) atoms. The maximum absolute atomic E-state index is 13.8. The van der Waals surface area contributed by atoms with Crippen LogP contribution in [0, 0.1) is 17.5 Å². The molecular formula is C28H24F3NO3. The fraction of sp³-hybridized carbons (Fsp3) is 0.321. The van der Waals surface area contributed by atoms with Crippen molar-refractivity contribution in [3.63, 3.8) is 0 Å². The van der Waals surface area contributed by atoms with Crippen LogP contribution in [0.1, 0.15) is 48.3 Å². The number of nitrogens with zero attached hydrogens (tertiary/aromatic N) is 1. The average Bonchev–Trinajstić information content (AvgIpc) is 3.33. The molecule has 3 aromatic carbocycles. The van der Waals surface area contributed by atoms with Crippen molar-refractivity contribution < 1.29 is 27.8 Å². The highest BCUT2D eigenvalue weighted by molar-refractivity contribution is 5.79. The third-order valence-electron chi connectivity index (χ3n) is 7.83. The summed E-state index contributed by atoms with van der Waals surface area (Å²) in [6.07, 6.45) is 1.08. The maximum Gasteiger partial charge on any atom is 0.410 e. The van der Waals surface area contributed by atoms with E-state index in [9.17, 15) is 23.1 Å². The standard InChI is InChI=1S/C28H24F3NO3/c29-24-11-16(12-25(30)26(24)31)28(34)13-17-9-10-18(14-28)32(17)27(33)35-15-23-21-7-3-1-5-19(21)20-6-2-4-8-22(20)23/h1-8,11-12,17-18,23,34H,9-10,13-15H2. The molecule has 3 aliphatic rings. The van der Waals surface area contributed by atoms with E-state index in [2.05, 4.69) is 24.3 Å². The van der Waals surface area contributed by atoms with Crippen LogP contribution in [0.25, 0.3) is 11.1 Å². The maximum atomic E-state index is 13.8. The summed E-state index contributed by atoms with van der Waals surface area (Å²) in [6.45, 7) is 0.196. The minimum absolute atomic E-state index is 0.00186. The minimum Gasteiger partial charge on any atom is -0.448 e. The van der Waals surface area contributed by atoms with Crippen LogP contribution in [-0.4, -0.2) is 34.8 Å². The molecule has 2 heterocycles. The van der Waals surface area contributed by atoms with Crippen molar-refractivity contribution in [2.45, 2.75) is 49.3 Å². The minimum atomic E-state index is -1.56. The van der Waals surface area contributed by atoms with E-state index in [0.717, 1.165) is 34.4 Å². The van der Waals surface area contributed by atoms with E-state index < -0.39 is 29.1 Å². The Labute approximate surface area is 201 Å². The molecule has 2 unspecified atom stereocenters. The first-order chi connectivity index (χ1) is 16.9. The third-order valence-corrected chi connectivity index (χ3v) is 7.83. The molecule has 0 radical (unpaired) electrons. The van der Waals surface area contributed by atoms with Crippen LogP contribution in [0.4, 0.5) is 18.0 Å². The van der Waals surface area contributed by atoms with Crippen molar-refractivity contribution in [3.8, 4) is 11.1 Å². The summed E-state index contributed by atoms with van der Waals surface area (Å²) in [5.74, 6) is -4.29. The van der Waals surface area contributed by atoms with Gasteiger partial charge in [-0.2, -0.15) is 0 Å². The molecule has 2 saturated heterocycles. The number of amides is 1. The van der Waals surface area contributed by atoms with Gasteiger partial charge in [-0.3, -0.25) is 0 Å². The number of benzene rings is 3. The Hall–Kier alpha value is -3.32. The average molecular weight is 479 g/mol. The number of piperidine rings is 1. The zero-order valence-corrected chi connectivity index (χ0v) is 18.9. The lowest BCUT2D eigenvalue weighted by Crippen LogP contribution is -2.52. The van der Waals surface area contributed by atoms with Gasteiger partial charge in [0.25, 0.3) is 0 Å². The molecule has 2 bridgehead atoms. The van der Waals surface area contributed by atoms with Gasteiger partial charge in [-0.05, 0) is 52.8 Å². The van der Waals surface area contributed by atoms with Crippen LogP contribution in [0.3, 0.4) is 0 Å². The molecule has 2 aliphatic heterocycles. The number of fused-ring (bicyclic) bond motifs is 5. The molecule has 1 aliphatic carbocycles. The van der Waals surface area contributed by atoms with E-state index in [-0.39, 0.29) is 43.0 Å². The van der Waals surface area contributed by atoms with Gasteiger partial charge in [0.15, 0.2) is 17.5 Å². The molecule has 2 atom stereocenters. The number of ether oxygens (including phenoxy) is 1. The molecule has 180 valence electrons. The molecule has 2 fully saturated rings. The van der Waals surface area contributed by atoms with E-state index in [1.165, 1.54) is 0 Å². The number of carbonyl (C=O) groups is 1. The SMILES string of the molecule is O=C(OCC1c2ccccc2-c2ccccc21)N1C2CCC1CC(O)(c1cc(F)c(F)c(F)c1)C2. The van der Waals surface area contributed by atoms with Gasteiger partial charge < -0.3 is 14.7 Å². The first kappa shape index (κ1) is 22.2. The normalized spacial score (nSPS) is 24.9. The highest BCUT2D eigenvalue weighted by Gasteiger charge is 2.51. The van der Waals surface area contributed by atoms with Crippen molar-refractivity contribution in [1.29, 1.82) is 0 Å². The second-order valence-corrected chi connectivity index (χ2v) is 9.79. The quantitative estimate of drug-likeness (QED) is 0.478. The van der Waals surface area contributed by atoms with Gasteiger partial charge in [-0.25, -0.2) is 18.0 Å². The highest BCUT2D eigenvalue weighted by atomic mass is 19.2. The Morgan fingerprint density at radius 1 is 0.914 bits per heavy atom. The zero-order chi connectivity index (χ0) is 24.3. The van der Waals surface area contributed by atoms with E-state index in [1.54, 1.807) is 4.90 Å². The first-order valence-electron chi connectivity index (χ1n) is 11.9. The topological polar surface area (TPSA) is 49.8 Å². The van der Waals surface area contributed by atoms with E-state index in [1.807, 2.05) is 24.3 Å². The summed E-state index contributed by atoms with van der Waals surface area (Å²) in [5.41, 5.74) is 2.99. The summed E-state index contributed by atoms with van der Waals surface area (Å²) in [4.78, 5) is 14.9. The van der Waals surface area contributed by atoms with E-state index in [4.69, 9.17) is 4.74 Å². The predicted octanol–water partition coefficient (Wildman–Crippen LogP) is 5.87. The van der Waals surface area contributed by atoms with Crippen LogP contribution in [0.2, 0.25) is 0 Å². The molecule has 1 N–H and O–H groups in total. The molecular weight excluding hydrogens is 455 g/mol. The lowest BCUT2D eigenvalue weighted by molar-refractivity contribution is -0.0535. The van der Waals surface area contributed by atoms with Crippen LogP contribution >= 0.6 is 0 Å². The molecule has 7 heteroatoms. The Balaban J connectivity index is 1.19. The summed E-state index contributed by atoms with van der Waals surface area (Å²) in [6, 6.07) is 17.2. The number of carbonyl (C=O) groups excluding carboxylic acids is 1. The van der Waals surface area contributed by atoms with Gasteiger partial charge in [-0.15, -0.1) is 0 Å². The lowest BCUT2D eigenvalue weighted by atomic mass is 9.80. The molecule has 3 aromatic rings. The van der Waals surface area contributed by atoms with Gasteiger partial charge in [0, 0.05) is 30.8 Å². The predicted molar refractivity (Wildman–Crippen MR) is 123 cm³/mol. The Kier molecular flexibility index (Phi) is 5.14. The highest BCUT2D eigenvalue weighted by Crippen LogP contribution is 2.47. The molecule has 0 spiro atoms. The smallest absolute Gasteiger partial charge is 0.410 e. The van der Waals surface area contributed by atoms with Gasteiger partial charge in [-0.1, -0.05) is 48.5 Å². The van der Waals surface area contributed by atoms with Crippen LogP contribution in [0.15, 0.2) is 60.7 Å². The third kappa shape index (κ3) is 3.52. The van der Waals surface area contributed by atoms with Gasteiger partial charge in [0.2, 0.25) is 0 Å². The van der Waals surface area contributed by atoms with Gasteiger partial charge >= 0.3 is 6.09 Å². The van der Waals surface area contributed by atoms with Crippen molar-refractivity contribution in [3.05, 3.63) is 94.8 Å². The van der Waals surface area contributed by atoms with Crippen molar-refractivity contribution in [2.75, 3.05) is 6.61 Å². The summed E-state index contributed by atoms with van der Waals surface area (Å²) < 4.78 is 46.9. The van der Waals surface area contributed by atoms with Crippen LogP contribution < -0.4 is 0 Å². The lowest BCUT2D eigenvalue weighted by Gasteiger charge is -2.43. The summed E-state index contributed by atoms with van der Waals surface area (Å²) in [5, 5.41) is 11.2. The number of hydrogen-bond acceptors (Lipinski definition) is 3.